The van der Waals surface area contributed by atoms with Crippen LogP contribution in [0, 0.1) is 18.8 Å². The molecule has 0 saturated heterocycles. The number of carbonyl (C=O) groups excluding carboxylic acids is 1. The van der Waals surface area contributed by atoms with Gasteiger partial charge in [0, 0.05) is 19.2 Å². The zero-order chi connectivity index (χ0) is 15.1. The first-order chi connectivity index (χ1) is 9.18. The highest BCUT2D eigenvalue weighted by molar-refractivity contribution is 7.89. The molecule has 1 saturated carbocycles. The first kappa shape index (κ1) is 15.0. The highest BCUT2D eigenvalue weighted by Gasteiger charge is 2.34. The number of sulfonamides is 1. The maximum absolute atomic E-state index is 12.3. The fourth-order valence-electron chi connectivity index (χ4n) is 2.34. The lowest BCUT2D eigenvalue weighted by Crippen LogP contribution is -2.29. The molecule has 1 aliphatic rings. The predicted octanol–water partition coefficient (Wildman–Crippen LogP) is 1.37. The Bertz CT molecular complexity index is 640. The van der Waals surface area contributed by atoms with Gasteiger partial charge in [0.15, 0.2) is 0 Å². The quantitative estimate of drug-likeness (QED) is 0.911. The van der Waals surface area contributed by atoms with Crippen molar-refractivity contribution in [1.29, 1.82) is 0 Å². The van der Waals surface area contributed by atoms with Gasteiger partial charge < -0.3 is 4.90 Å². The molecule has 0 aromatic heterocycles. The number of benzene rings is 1. The van der Waals surface area contributed by atoms with Gasteiger partial charge in [0.05, 0.1) is 4.90 Å². The topological polar surface area (TPSA) is 80.5 Å². The van der Waals surface area contributed by atoms with Crippen LogP contribution in [0.5, 0.6) is 0 Å². The van der Waals surface area contributed by atoms with Gasteiger partial charge in [0.1, 0.15) is 0 Å². The fourth-order valence-corrected chi connectivity index (χ4v) is 2.99. The molecule has 0 aliphatic heterocycles. The zero-order valence-corrected chi connectivity index (χ0v) is 12.8. The van der Waals surface area contributed by atoms with Crippen LogP contribution in [0.4, 0.5) is 0 Å². The summed E-state index contributed by atoms with van der Waals surface area (Å²) in [6.45, 7) is 4.61. The zero-order valence-electron chi connectivity index (χ0n) is 12.0. The summed E-state index contributed by atoms with van der Waals surface area (Å²) in [5, 5.41) is 5.13. The van der Waals surface area contributed by atoms with Crippen molar-refractivity contribution in [2.45, 2.75) is 25.2 Å². The van der Waals surface area contributed by atoms with Crippen LogP contribution < -0.4 is 5.14 Å². The maximum atomic E-state index is 12.3. The minimum atomic E-state index is -3.80. The van der Waals surface area contributed by atoms with Crippen LogP contribution in [0.15, 0.2) is 23.1 Å². The molecular weight excluding hydrogens is 276 g/mol. The molecular formula is C14H20N2O3S. The SMILES string of the molecule is Cc1cc(C(=O)N(C)CC2CC2C)cc(S(N)(=O)=O)c1. The molecule has 20 heavy (non-hydrogen) atoms. The summed E-state index contributed by atoms with van der Waals surface area (Å²) in [5.74, 6) is 1.06. The second-order valence-electron chi connectivity index (χ2n) is 5.74. The van der Waals surface area contributed by atoms with Crippen LogP contribution in [-0.2, 0) is 10.0 Å². The van der Waals surface area contributed by atoms with Crippen molar-refractivity contribution in [3.05, 3.63) is 29.3 Å². The van der Waals surface area contributed by atoms with Crippen molar-refractivity contribution < 1.29 is 13.2 Å². The number of rotatable bonds is 4. The lowest BCUT2D eigenvalue weighted by molar-refractivity contribution is 0.0786. The van der Waals surface area contributed by atoms with Crippen LogP contribution in [0.3, 0.4) is 0 Å². The standard InChI is InChI=1S/C14H20N2O3S/c1-9-4-11(7-13(5-9)20(15,18)19)14(17)16(3)8-12-6-10(12)2/h4-5,7,10,12H,6,8H2,1-3H3,(H2,15,18,19). The average molecular weight is 296 g/mol. The molecule has 6 heteroatoms. The Morgan fingerprint density at radius 3 is 2.50 bits per heavy atom. The molecule has 0 spiro atoms. The molecule has 110 valence electrons. The van der Waals surface area contributed by atoms with Gasteiger partial charge >= 0.3 is 0 Å². The molecule has 0 heterocycles. The van der Waals surface area contributed by atoms with E-state index in [2.05, 4.69) is 6.92 Å². The minimum Gasteiger partial charge on any atom is -0.341 e. The van der Waals surface area contributed by atoms with E-state index in [-0.39, 0.29) is 10.8 Å². The number of aryl methyl sites for hydroxylation is 1. The van der Waals surface area contributed by atoms with Gasteiger partial charge in [0.2, 0.25) is 10.0 Å². The average Bonchev–Trinajstić information content (AvgIpc) is 3.01. The van der Waals surface area contributed by atoms with E-state index in [9.17, 15) is 13.2 Å². The normalized spacial score (nSPS) is 21.6. The lowest BCUT2D eigenvalue weighted by Gasteiger charge is -2.18. The third-order valence-corrected chi connectivity index (χ3v) is 4.65. The van der Waals surface area contributed by atoms with Gasteiger partial charge in [-0.3, -0.25) is 4.79 Å². The summed E-state index contributed by atoms with van der Waals surface area (Å²) in [6, 6.07) is 4.50. The van der Waals surface area contributed by atoms with Gasteiger partial charge in [-0.25, -0.2) is 13.6 Å². The molecule has 1 aliphatic carbocycles. The summed E-state index contributed by atoms with van der Waals surface area (Å²) in [6.07, 6.45) is 1.15. The summed E-state index contributed by atoms with van der Waals surface area (Å²) in [4.78, 5) is 14.0. The highest BCUT2D eigenvalue weighted by Crippen LogP contribution is 2.38. The molecule has 1 fully saturated rings. The van der Waals surface area contributed by atoms with Gasteiger partial charge in [0.25, 0.3) is 5.91 Å². The Kier molecular flexibility index (Phi) is 3.88. The van der Waals surface area contributed by atoms with Crippen molar-refractivity contribution in [3.63, 3.8) is 0 Å². The summed E-state index contributed by atoms with van der Waals surface area (Å²) in [7, 11) is -2.05. The van der Waals surface area contributed by atoms with Crippen molar-refractivity contribution in [2.75, 3.05) is 13.6 Å². The van der Waals surface area contributed by atoms with Gasteiger partial charge in [-0.2, -0.15) is 0 Å². The molecule has 0 radical (unpaired) electrons. The first-order valence-electron chi connectivity index (χ1n) is 6.58. The van der Waals surface area contributed by atoms with E-state index in [0.29, 0.717) is 29.5 Å². The largest absolute Gasteiger partial charge is 0.341 e. The molecule has 2 unspecified atom stereocenters. The van der Waals surface area contributed by atoms with Gasteiger partial charge in [-0.05, 0) is 48.9 Å². The van der Waals surface area contributed by atoms with Gasteiger partial charge in [-0.15, -0.1) is 0 Å². The Morgan fingerprint density at radius 1 is 1.40 bits per heavy atom. The molecule has 1 aromatic rings. The van der Waals surface area contributed by atoms with E-state index in [1.54, 1.807) is 24.9 Å². The number of nitrogens with zero attached hydrogens (tertiary/aromatic N) is 1. The Morgan fingerprint density at radius 2 is 2.00 bits per heavy atom. The van der Waals surface area contributed by atoms with E-state index in [0.717, 1.165) is 6.42 Å². The Hall–Kier alpha value is -1.40. The third kappa shape index (κ3) is 3.37. The highest BCUT2D eigenvalue weighted by atomic mass is 32.2. The maximum Gasteiger partial charge on any atom is 0.253 e. The van der Waals surface area contributed by atoms with E-state index < -0.39 is 10.0 Å². The summed E-state index contributed by atoms with van der Waals surface area (Å²) in [5.41, 5.74) is 1.07. The molecule has 0 bridgehead atoms. The molecule has 2 N–H and O–H groups in total. The fraction of sp³-hybridized carbons (Fsp3) is 0.500. The summed E-state index contributed by atoms with van der Waals surface area (Å²) >= 11 is 0. The number of nitrogens with two attached hydrogens (primary N) is 1. The van der Waals surface area contributed by atoms with Crippen molar-refractivity contribution in [2.24, 2.45) is 17.0 Å². The number of amides is 1. The molecule has 2 rings (SSSR count). The molecule has 2 atom stereocenters. The number of carbonyl (C=O) groups is 1. The predicted molar refractivity (Wildman–Crippen MR) is 76.8 cm³/mol. The molecule has 1 amide bonds. The smallest absolute Gasteiger partial charge is 0.253 e. The monoisotopic (exact) mass is 296 g/mol. The van der Waals surface area contributed by atoms with Crippen molar-refractivity contribution in [3.8, 4) is 0 Å². The van der Waals surface area contributed by atoms with E-state index >= 15 is 0 Å². The van der Waals surface area contributed by atoms with Gasteiger partial charge in [-0.1, -0.05) is 6.92 Å². The van der Waals surface area contributed by atoms with Crippen LogP contribution in [-0.4, -0.2) is 32.8 Å². The van der Waals surface area contributed by atoms with Crippen LogP contribution in [0.1, 0.15) is 29.3 Å². The number of primary sulfonamides is 1. The Balaban J connectivity index is 2.23. The van der Waals surface area contributed by atoms with Crippen molar-refractivity contribution in [1.82, 2.24) is 4.90 Å². The lowest BCUT2D eigenvalue weighted by atomic mass is 10.1. The second kappa shape index (κ2) is 5.18. The summed E-state index contributed by atoms with van der Waals surface area (Å²) < 4.78 is 22.8. The number of hydrogen-bond acceptors (Lipinski definition) is 3. The van der Waals surface area contributed by atoms with Crippen LogP contribution in [0.25, 0.3) is 0 Å². The van der Waals surface area contributed by atoms with Crippen LogP contribution in [0.2, 0.25) is 0 Å². The first-order valence-corrected chi connectivity index (χ1v) is 8.13. The molecule has 1 aromatic carbocycles. The van der Waals surface area contributed by atoms with Crippen LogP contribution >= 0.6 is 0 Å². The third-order valence-electron chi connectivity index (χ3n) is 3.76. The number of hydrogen-bond donors (Lipinski definition) is 1. The molecule has 5 nitrogen and oxygen atoms in total. The minimum absolute atomic E-state index is 0.0194. The second-order valence-corrected chi connectivity index (χ2v) is 7.30. The van der Waals surface area contributed by atoms with E-state index in [1.165, 1.54) is 12.1 Å². The van der Waals surface area contributed by atoms with E-state index in [4.69, 9.17) is 5.14 Å². The Labute approximate surface area is 119 Å². The van der Waals surface area contributed by atoms with Crippen molar-refractivity contribution >= 4 is 15.9 Å². The van der Waals surface area contributed by atoms with E-state index in [1.807, 2.05) is 0 Å².